The number of carbonyl (C=O) groups is 1. The van der Waals surface area contributed by atoms with Crippen molar-refractivity contribution in [3.05, 3.63) is 35.4 Å². The maximum absolute atomic E-state index is 11.5. The molecule has 1 rings (SSSR count). The van der Waals surface area contributed by atoms with Crippen LogP contribution in [0.1, 0.15) is 18.1 Å². The molecule has 0 aliphatic carbocycles. The summed E-state index contributed by atoms with van der Waals surface area (Å²) in [4.78, 5) is 13.7. The molecule has 1 atom stereocenters. The van der Waals surface area contributed by atoms with Crippen LogP contribution in [0.2, 0.25) is 0 Å². The van der Waals surface area contributed by atoms with Crippen LogP contribution in [0.15, 0.2) is 24.3 Å². The maximum Gasteiger partial charge on any atom is 0.223 e. The molecule has 0 fully saturated rings. The molecule has 1 amide bonds. The van der Waals surface area contributed by atoms with Crippen molar-refractivity contribution in [2.24, 2.45) is 11.7 Å². The quantitative estimate of drug-likeness (QED) is 0.781. The zero-order valence-corrected chi connectivity index (χ0v) is 12.4. The summed E-state index contributed by atoms with van der Waals surface area (Å²) in [6, 6.07) is 8.02. The Morgan fingerprint density at radius 1 is 1.45 bits per heavy atom. The molecule has 0 spiro atoms. The monoisotopic (exact) mass is 273 g/mol. The molecule has 3 N–H and O–H groups in total. The third-order valence-electron chi connectivity index (χ3n) is 3.06. The Morgan fingerprint density at radius 3 is 2.80 bits per heavy atom. The van der Waals surface area contributed by atoms with Crippen molar-refractivity contribution in [3.8, 4) is 11.8 Å². The molecule has 4 nitrogen and oxygen atoms in total. The fourth-order valence-corrected chi connectivity index (χ4v) is 2.08. The normalized spacial score (nSPS) is 11.7. The number of nitrogens with zero attached hydrogens (tertiary/aromatic N) is 1. The van der Waals surface area contributed by atoms with Gasteiger partial charge >= 0.3 is 0 Å². The average molecular weight is 273 g/mol. The molecule has 1 unspecified atom stereocenters. The van der Waals surface area contributed by atoms with Gasteiger partial charge in [0.25, 0.3) is 0 Å². The largest absolute Gasteiger partial charge is 0.359 e. The van der Waals surface area contributed by atoms with Crippen LogP contribution in [0.25, 0.3) is 0 Å². The second-order valence-corrected chi connectivity index (χ2v) is 4.88. The number of benzene rings is 1. The molecular weight excluding hydrogens is 250 g/mol. The number of nitrogens with one attached hydrogen (secondary N) is 1. The first-order chi connectivity index (χ1) is 9.58. The minimum Gasteiger partial charge on any atom is -0.359 e. The van der Waals surface area contributed by atoms with E-state index in [2.05, 4.69) is 28.1 Å². The Hall–Kier alpha value is -1.83. The van der Waals surface area contributed by atoms with Gasteiger partial charge < -0.3 is 16.0 Å². The van der Waals surface area contributed by atoms with Crippen LogP contribution >= 0.6 is 0 Å². The van der Waals surface area contributed by atoms with E-state index in [0.29, 0.717) is 13.1 Å². The highest BCUT2D eigenvalue weighted by Crippen LogP contribution is 2.11. The minimum absolute atomic E-state index is 0.0349. The fraction of sp³-hybridized carbons (Fsp3) is 0.438. The number of rotatable bonds is 5. The highest BCUT2D eigenvalue weighted by atomic mass is 16.1. The Bertz CT molecular complexity index is 502. The van der Waals surface area contributed by atoms with Gasteiger partial charge in [0.2, 0.25) is 5.91 Å². The van der Waals surface area contributed by atoms with Crippen molar-refractivity contribution in [1.82, 2.24) is 10.2 Å². The summed E-state index contributed by atoms with van der Waals surface area (Å²) < 4.78 is 0. The Balaban J connectivity index is 2.70. The molecule has 1 aromatic carbocycles. The lowest BCUT2D eigenvalue weighted by atomic mass is 10.1. The molecule has 0 bridgehead atoms. The van der Waals surface area contributed by atoms with Gasteiger partial charge in [0.1, 0.15) is 0 Å². The van der Waals surface area contributed by atoms with Gasteiger partial charge in [-0.2, -0.15) is 0 Å². The van der Waals surface area contributed by atoms with Crippen molar-refractivity contribution in [2.75, 3.05) is 27.2 Å². The van der Waals surface area contributed by atoms with Crippen LogP contribution in [0.5, 0.6) is 0 Å². The van der Waals surface area contributed by atoms with Gasteiger partial charge in [-0.15, -0.1) is 0 Å². The van der Waals surface area contributed by atoms with Gasteiger partial charge in [0, 0.05) is 31.6 Å². The van der Waals surface area contributed by atoms with E-state index >= 15 is 0 Å². The number of amides is 1. The maximum atomic E-state index is 11.5. The van der Waals surface area contributed by atoms with Gasteiger partial charge in [0.05, 0.1) is 6.54 Å². The summed E-state index contributed by atoms with van der Waals surface area (Å²) in [6.07, 6.45) is 0. The predicted octanol–water partition coefficient (Wildman–Crippen LogP) is 0.811. The molecule has 0 aliphatic rings. The van der Waals surface area contributed by atoms with Crippen molar-refractivity contribution in [3.63, 3.8) is 0 Å². The Labute approximate surface area is 121 Å². The van der Waals surface area contributed by atoms with E-state index in [-0.39, 0.29) is 11.8 Å². The second-order valence-electron chi connectivity index (χ2n) is 4.88. The van der Waals surface area contributed by atoms with Gasteiger partial charge in [-0.1, -0.05) is 37.0 Å². The van der Waals surface area contributed by atoms with Crippen LogP contribution in [0.4, 0.5) is 0 Å². The zero-order valence-electron chi connectivity index (χ0n) is 12.4. The third kappa shape index (κ3) is 5.04. The standard InChI is InChI=1S/C16H23N3O/c1-13(16(20)18-2)11-19(3)12-15-8-5-4-7-14(15)9-6-10-17/h4-5,7-8,13H,10-12,17H2,1-3H3,(H,18,20). The van der Waals surface area contributed by atoms with Gasteiger partial charge in [0.15, 0.2) is 0 Å². The summed E-state index contributed by atoms with van der Waals surface area (Å²) in [5.41, 5.74) is 7.56. The third-order valence-corrected chi connectivity index (χ3v) is 3.06. The van der Waals surface area contributed by atoms with E-state index in [4.69, 9.17) is 5.73 Å². The number of nitrogens with two attached hydrogens (primary N) is 1. The predicted molar refractivity (Wildman–Crippen MR) is 81.9 cm³/mol. The first-order valence-electron chi connectivity index (χ1n) is 6.75. The van der Waals surface area contributed by atoms with Crippen LogP contribution in [-0.4, -0.2) is 38.0 Å². The first kappa shape index (κ1) is 16.2. The molecule has 108 valence electrons. The minimum atomic E-state index is -0.0349. The number of carbonyl (C=O) groups excluding carboxylic acids is 1. The molecule has 1 aromatic rings. The molecule has 4 heteroatoms. The lowest BCUT2D eigenvalue weighted by Crippen LogP contribution is -2.34. The second kappa shape index (κ2) is 8.36. The van der Waals surface area contributed by atoms with Crippen LogP contribution < -0.4 is 11.1 Å². The lowest BCUT2D eigenvalue weighted by molar-refractivity contribution is -0.124. The van der Waals surface area contributed by atoms with Gasteiger partial charge in [-0.05, 0) is 18.7 Å². The van der Waals surface area contributed by atoms with E-state index in [0.717, 1.165) is 17.7 Å². The summed E-state index contributed by atoms with van der Waals surface area (Å²) in [5, 5.41) is 2.67. The highest BCUT2D eigenvalue weighted by molar-refractivity contribution is 5.78. The van der Waals surface area contributed by atoms with Gasteiger partial charge in [-0.25, -0.2) is 0 Å². The first-order valence-corrected chi connectivity index (χ1v) is 6.75. The van der Waals surface area contributed by atoms with Gasteiger partial charge in [-0.3, -0.25) is 4.79 Å². The summed E-state index contributed by atoms with van der Waals surface area (Å²) in [6.45, 7) is 3.75. The van der Waals surface area contributed by atoms with Crippen LogP contribution in [-0.2, 0) is 11.3 Å². The molecule has 20 heavy (non-hydrogen) atoms. The molecule has 0 aromatic heterocycles. The topological polar surface area (TPSA) is 58.4 Å². The molecule has 0 heterocycles. The summed E-state index contributed by atoms with van der Waals surface area (Å²) in [7, 11) is 3.67. The lowest BCUT2D eigenvalue weighted by Gasteiger charge is -2.21. The molecule has 0 aliphatic heterocycles. The molecule has 0 saturated heterocycles. The van der Waals surface area contributed by atoms with E-state index in [1.165, 1.54) is 0 Å². The Kier molecular flexibility index (Phi) is 6.78. The fourth-order valence-electron chi connectivity index (χ4n) is 2.08. The van der Waals surface area contributed by atoms with E-state index < -0.39 is 0 Å². The van der Waals surface area contributed by atoms with Crippen molar-refractivity contribution in [1.29, 1.82) is 0 Å². The van der Waals surface area contributed by atoms with Crippen molar-refractivity contribution in [2.45, 2.75) is 13.5 Å². The van der Waals surface area contributed by atoms with Crippen LogP contribution in [0, 0.1) is 17.8 Å². The summed E-state index contributed by atoms with van der Waals surface area (Å²) in [5.74, 6) is 5.99. The highest BCUT2D eigenvalue weighted by Gasteiger charge is 2.14. The molecule has 0 radical (unpaired) electrons. The number of hydrogen-bond acceptors (Lipinski definition) is 3. The molecule has 0 saturated carbocycles. The number of hydrogen-bond donors (Lipinski definition) is 2. The van der Waals surface area contributed by atoms with E-state index in [9.17, 15) is 4.79 Å². The van der Waals surface area contributed by atoms with E-state index in [1.54, 1.807) is 7.05 Å². The SMILES string of the molecule is CNC(=O)C(C)CN(C)Cc1ccccc1C#CCN. The Morgan fingerprint density at radius 2 is 2.15 bits per heavy atom. The van der Waals surface area contributed by atoms with Crippen molar-refractivity contribution < 1.29 is 4.79 Å². The van der Waals surface area contributed by atoms with E-state index in [1.807, 2.05) is 32.2 Å². The smallest absolute Gasteiger partial charge is 0.223 e. The molecular formula is C16H23N3O. The van der Waals surface area contributed by atoms with Crippen LogP contribution in [0.3, 0.4) is 0 Å². The van der Waals surface area contributed by atoms with Crippen molar-refractivity contribution >= 4 is 5.91 Å². The zero-order chi connectivity index (χ0) is 15.0. The summed E-state index contributed by atoms with van der Waals surface area (Å²) >= 11 is 0. The average Bonchev–Trinajstić information content (AvgIpc) is 2.45.